The van der Waals surface area contributed by atoms with Gasteiger partial charge in [0.25, 0.3) is 0 Å². The summed E-state index contributed by atoms with van der Waals surface area (Å²) in [5.41, 5.74) is 1.30. The van der Waals surface area contributed by atoms with Gasteiger partial charge in [-0.15, -0.1) is 0 Å². The van der Waals surface area contributed by atoms with Gasteiger partial charge in [0, 0.05) is 12.8 Å². The van der Waals surface area contributed by atoms with E-state index in [1.165, 1.54) is 198 Å². The molecule has 67 heavy (non-hydrogen) atoms. The fourth-order valence-electron chi connectivity index (χ4n) is 10.1. The van der Waals surface area contributed by atoms with Gasteiger partial charge in [0.1, 0.15) is 12.2 Å². The van der Waals surface area contributed by atoms with E-state index in [1.807, 2.05) is 6.08 Å². The third-order valence-corrected chi connectivity index (χ3v) is 14.6. The highest BCUT2D eigenvalue weighted by atomic mass is 16.5. The Morgan fingerprint density at radius 3 is 1.13 bits per heavy atom. The van der Waals surface area contributed by atoms with Crippen molar-refractivity contribution < 1.29 is 29.3 Å². The molecule has 1 aliphatic rings. The molecule has 0 amide bonds. The van der Waals surface area contributed by atoms with Gasteiger partial charge in [0.05, 0.1) is 12.2 Å². The van der Waals surface area contributed by atoms with Crippen molar-refractivity contribution in [2.75, 3.05) is 19.6 Å². The lowest BCUT2D eigenvalue weighted by molar-refractivity contribution is -0.151. The minimum Gasteiger partial charge on any atom is -0.462 e. The lowest BCUT2D eigenvalue weighted by Gasteiger charge is -2.24. The van der Waals surface area contributed by atoms with Gasteiger partial charge in [0.15, 0.2) is 0 Å². The largest absolute Gasteiger partial charge is 0.462 e. The second kappa shape index (κ2) is 48.2. The number of hydrogen-bond acceptors (Lipinski definition) is 7. The highest BCUT2D eigenvalue weighted by molar-refractivity contribution is 5.69. The van der Waals surface area contributed by atoms with Crippen molar-refractivity contribution in [2.24, 2.45) is 0 Å². The van der Waals surface area contributed by atoms with E-state index in [9.17, 15) is 19.8 Å². The van der Waals surface area contributed by atoms with Crippen LogP contribution in [-0.2, 0) is 19.1 Å². The molecule has 0 saturated carbocycles. The molecule has 7 heteroatoms. The van der Waals surface area contributed by atoms with Crippen LogP contribution < -0.4 is 0 Å². The third kappa shape index (κ3) is 40.9. The molecule has 0 bridgehead atoms. The van der Waals surface area contributed by atoms with Gasteiger partial charge in [-0.05, 0) is 129 Å². The first-order chi connectivity index (χ1) is 32.8. The topological polar surface area (TPSA) is 96.3 Å². The highest BCUT2D eigenvalue weighted by Crippen LogP contribution is 2.24. The average molecular weight is 947 g/mol. The van der Waals surface area contributed by atoms with Crippen molar-refractivity contribution in [3.05, 3.63) is 11.6 Å². The maximum atomic E-state index is 12.9. The molecule has 2 atom stereocenters. The summed E-state index contributed by atoms with van der Waals surface area (Å²) in [6, 6.07) is 0. The van der Waals surface area contributed by atoms with E-state index in [1.54, 1.807) is 0 Å². The normalized spacial score (nSPS) is 15.3. The van der Waals surface area contributed by atoms with Crippen molar-refractivity contribution in [1.82, 2.24) is 4.90 Å². The first-order valence-corrected chi connectivity index (χ1v) is 30.0. The molecule has 2 N–H and O–H groups in total. The number of rotatable bonds is 51. The smallest absolute Gasteiger partial charge is 0.306 e. The van der Waals surface area contributed by atoms with Crippen LogP contribution in [0.5, 0.6) is 0 Å². The Kier molecular flexibility index (Phi) is 45.7. The average Bonchev–Trinajstić information content (AvgIpc) is 3.32. The van der Waals surface area contributed by atoms with Crippen LogP contribution in [0.3, 0.4) is 0 Å². The Bertz CT molecular complexity index is 1020. The highest BCUT2D eigenvalue weighted by Gasteiger charge is 2.20. The van der Waals surface area contributed by atoms with E-state index < -0.39 is 12.2 Å². The number of aliphatic hydroxyl groups is 2. The third-order valence-electron chi connectivity index (χ3n) is 14.6. The van der Waals surface area contributed by atoms with Crippen molar-refractivity contribution in [1.29, 1.82) is 0 Å². The molecule has 0 aromatic carbocycles. The van der Waals surface area contributed by atoms with Gasteiger partial charge in [-0.25, -0.2) is 0 Å². The quantitative estimate of drug-likeness (QED) is 0.0356. The lowest BCUT2D eigenvalue weighted by atomic mass is 9.92. The van der Waals surface area contributed by atoms with Crippen LogP contribution >= 0.6 is 0 Å². The minimum absolute atomic E-state index is 0.0222. The van der Waals surface area contributed by atoms with Crippen LogP contribution in [-0.4, -0.2) is 71.1 Å². The molecule has 396 valence electrons. The molecule has 0 heterocycles. The number of carbonyl (C=O) groups excluding carboxylic acids is 2. The van der Waals surface area contributed by atoms with Crippen LogP contribution in [0.1, 0.15) is 317 Å². The van der Waals surface area contributed by atoms with Crippen molar-refractivity contribution in [3.8, 4) is 0 Å². The molecular formula is C60H115NO6. The van der Waals surface area contributed by atoms with Crippen molar-refractivity contribution >= 4 is 11.9 Å². The predicted octanol–water partition coefficient (Wildman–Crippen LogP) is 17.4. The number of unbranched alkanes of at least 4 members (excludes halogenated alkanes) is 29. The molecule has 1 rings (SSSR count). The molecule has 0 saturated heterocycles. The van der Waals surface area contributed by atoms with Gasteiger partial charge in [-0.1, -0.05) is 206 Å². The zero-order valence-corrected chi connectivity index (χ0v) is 45.3. The molecule has 0 aromatic rings. The number of aliphatic hydroxyl groups excluding tert-OH is 2. The molecule has 0 radical (unpaired) electrons. The zero-order valence-electron chi connectivity index (χ0n) is 45.3. The van der Waals surface area contributed by atoms with E-state index >= 15 is 0 Å². The number of hydrogen-bond donors (Lipinski definition) is 2. The van der Waals surface area contributed by atoms with Gasteiger partial charge in [-0.2, -0.15) is 0 Å². The Balaban J connectivity index is 2.47. The van der Waals surface area contributed by atoms with Crippen LogP contribution in [0.25, 0.3) is 0 Å². The Morgan fingerprint density at radius 1 is 0.463 bits per heavy atom. The summed E-state index contributed by atoms with van der Waals surface area (Å²) in [6.07, 6.45) is 52.8. The molecular weight excluding hydrogens is 831 g/mol. The molecule has 0 spiro atoms. The van der Waals surface area contributed by atoms with Crippen LogP contribution in [0.4, 0.5) is 0 Å². The first kappa shape index (κ1) is 63.6. The Morgan fingerprint density at radius 2 is 0.776 bits per heavy atom. The minimum atomic E-state index is -0.708. The first-order valence-electron chi connectivity index (χ1n) is 30.0. The molecule has 0 aliphatic heterocycles. The summed E-state index contributed by atoms with van der Waals surface area (Å²) >= 11 is 0. The van der Waals surface area contributed by atoms with Gasteiger partial charge in [0.2, 0.25) is 0 Å². The number of ether oxygens (including phenoxy) is 2. The molecule has 0 fully saturated rings. The second-order valence-electron chi connectivity index (χ2n) is 21.2. The summed E-state index contributed by atoms with van der Waals surface area (Å²) in [4.78, 5) is 28.5. The van der Waals surface area contributed by atoms with Gasteiger partial charge >= 0.3 is 11.9 Å². The standard InChI is InChI=1S/C60H115NO6/c1-5-9-13-17-23-31-42-55(43-32-24-18-14-10-6-2)66-59(64)46-35-27-21-29-38-50-61(52-40-37-41-54-48-49-57(62)58(63)53-54)51-39-30-22-28-36-47-60(65)67-56(44-33-25-19-15-11-7-3)45-34-26-20-16-12-8-4/h53,55-58,62-63H,5-52H2,1-4H3. The number of allylic oxidation sites excluding steroid dienone is 1. The van der Waals surface area contributed by atoms with Crippen LogP contribution in [0.15, 0.2) is 11.6 Å². The van der Waals surface area contributed by atoms with Gasteiger partial charge < -0.3 is 24.6 Å². The number of carbonyl (C=O) groups is 2. The Hall–Kier alpha value is -1.44. The number of esters is 2. The number of nitrogens with zero attached hydrogens (tertiary/aromatic N) is 1. The van der Waals surface area contributed by atoms with E-state index in [-0.39, 0.29) is 24.1 Å². The fraction of sp³-hybridized carbons (Fsp3) is 0.933. The van der Waals surface area contributed by atoms with Crippen LogP contribution in [0.2, 0.25) is 0 Å². The fourth-order valence-corrected chi connectivity index (χ4v) is 10.1. The van der Waals surface area contributed by atoms with E-state index in [0.29, 0.717) is 19.3 Å². The van der Waals surface area contributed by atoms with Crippen LogP contribution in [0, 0.1) is 0 Å². The zero-order chi connectivity index (χ0) is 48.7. The summed E-state index contributed by atoms with van der Waals surface area (Å²) in [7, 11) is 0. The van der Waals surface area contributed by atoms with E-state index in [2.05, 4.69) is 32.6 Å². The Labute approximate surface area is 416 Å². The predicted molar refractivity (Wildman–Crippen MR) is 287 cm³/mol. The molecule has 0 aromatic heterocycles. The SMILES string of the molecule is CCCCCCCCC(CCCCCCCC)OC(=O)CCCCCCCN(CCCCCCCC(=O)OC(CCCCCCCC)CCCCCCCC)CCCCC1=CC(O)C(O)CC1. The van der Waals surface area contributed by atoms with Crippen molar-refractivity contribution in [3.63, 3.8) is 0 Å². The summed E-state index contributed by atoms with van der Waals surface area (Å²) in [6.45, 7) is 12.4. The maximum Gasteiger partial charge on any atom is 0.306 e. The van der Waals surface area contributed by atoms with E-state index in [4.69, 9.17) is 9.47 Å². The van der Waals surface area contributed by atoms with E-state index in [0.717, 1.165) is 96.7 Å². The molecule has 2 unspecified atom stereocenters. The van der Waals surface area contributed by atoms with Gasteiger partial charge in [-0.3, -0.25) is 9.59 Å². The maximum absolute atomic E-state index is 12.9. The van der Waals surface area contributed by atoms with Crippen molar-refractivity contribution in [2.45, 2.75) is 341 Å². The summed E-state index contributed by atoms with van der Waals surface area (Å²) < 4.78 is 12.2. The monoisotopic (exact) mass is 946 g/mol. The molecule has 1 aliphatic carbocycles. The summed E-state index contributed by atoms with van der Waals surface area (Å²) in [5.74, 6) is 0.0444. The lowest BCUT2D eigenvalue weighted by Crippen LogP contribution is -2.28. The molecule has 7 nitrogen and oxygen atoms in total. The second-order valence-corrected chi connectivity index (χ2v) is 21.2. The summed E-state index contributed by atoms with van der Waals surface area (Å²) in [5, 5.41) is 20.0.